The van der Waals surface area contributed by atoms with E-state index in [2.05, 4.69) is 12.2 Å². The van der Waals surface area contributed by atoms with Gasteiger partial charge in [-0.2, -0.15) is 0 Å². The summed E-state index contributed by atoms with van der Waals surface area (Å²) in [7, 11) is 0. The van der Waals surface area contributed by atoms with Crippen molar-refractivity contribution in [2.75, 3.05) is 10.2 Å². The van der Waals surface area contributed by atoms with Gasteiger partial charge in [-0.15, -0.1) is 0 Å². The lowest BCUT2D eigenvalue weighted by Gasteiger charge is -2.26. The van der Waals surface area contributed by atoms with Crippen molar-refractivity contribution in [2.45, 2.75) is 6.92 Å². The summed E-state index contributed by atoms with van der Waals surface area (Å²) in [6.07, 6.45) is 0. The standard InChI is InChI=1S/C20H19N3/c1-16-12-14-17(15-13-16)22-20(21)23(18-8-4-2-5-9-18)19-10-6-3-7-11-19/h2-15H,1H3,(H2,21,22). The van der Waals surface area contributed by atoms with Crippen molar-refractivity contribution in [2.24, 2.45) is 0 Å². The molecule has 0 fully saturated rings. The van der Waals surface area contributed by atoms with Crippen LogP contribution in [0.25, 0.3) is 0 Å². The third kappa shape index (κ3) is 3.58. The second-order valence-corrected chi connectivity index (χ2v) is 5.35. The molecular formula is C20H19N3. The van der Waals surface area contributed by atoms with Gasteiger partial charge in [0.2, 0.25) is 5.96 Å². The number of nitrogens with zero attached hydrogens (tertiary/aromatic N) is 1. The summed E-state index contributed by atoms with van der Waals surface area (Å²) < 4.78 is 0. The van der Waals surface area contributed by atoms with Crippen molar-refractivity contribution < 1.29 is 0 Å². The molecule has 0 aliphatic carbocycles. The number of aryl methyl sites for hydroxylation is 1. The molecule has 0 bridgehead atoms. The summed E-state index contributed by atoms with van der Waals surface area (Å²) in [5.41, 5.74) is 3.99. The Morgan fingerprint density at radius 1 is 0.739 bits per heavy atom. The van der Waals surface area contributed by atoms with Gasteiger partial charge >= 0.3 is 0 Å². The lowest BCUT2D eigenvalue weighted by molar-refractivity contribution is 1.27. The zero-order valence-corrected chi connectivity index (χ0v) is 13.0. The van der Waals surface area contributed by atoms with E-state index in [1.54, 1.807) is 0 Å². The van der Waals surface area contributed by atoms with Gasteiger partial charge in [-0.3, -0.25) is 10.3 Å². The predicted octanol–water partition coefficient (Wildman–Crippen LogP) is 5.18. The second-order valence-electron chi connectivity index (χ2n) is 5.35. The van der Waals surface area contributed by atoms with Crippen LogP contribution in [0.15, 0.2) is 84.9 Å². The van der Waals surface area contributed by atoms with Crippen LogP contribution in [0.1, 0.15) is 5.56 Å². The van der Waals surface area contributed by atoms with Gasteiger partial charge in [0.25, 0.3) is 0 Å². The normalized spacial score (nSPS) is 10.1. The number of benzene rings is 3. The van der Waals surface area contributed by atoms with E-state index in [0.29, 0.717) is 5.96 Å². The summed E-state index contributed by atoms with van der Waals surface area (Å²) in [6.45, 7) is 2.05. The Labute approximate surface area is 136 Å². The molecule has 0 aromatic heterocycles. The maximum Gasteiger partial charge on any atom is 0.204 e. The van der Waals surface area contributed by atoms with Crippen molar-refractivity contribution in [3.63, 3.8) is 0 Å². The molecule has 3 heteroatoms. The Hall–Kier alpha value is -3.07. The van der Waals surface area contributed by atoms with Crippen molar-refractivity contribution in [3.05, 3.63) is 90.5 Å². The topological polar surface area (TPSA) is 39.1 Å². The number of para-hydroxylation sites is 2. The highest BCUT2D eigenvalue weighted by Gasteiger charge is 2.14. The lowest BCUT2D eigenvalue weighted by atomic mass is 10.2. The van der Waals surface area contributed by atoms with Crippen molar-refractivity contribution in [3.8, 4) is 0 Å². The fourth-order valence-electron chi connectivity index (χ4n) is 2.39. The molecule has 0 amide bonds. The van der Waals surface area contributed by atoms with E-state index >= 15 is 0 Å². The number of hydrogen-bond donors (Lipinski definition) is 2. The largest absolute Gasteiger partial charge is 0.326 e. The monoisotopic (exact) mass is 301 g/mol. The highest BCUT2D eigenvalue weighted by atomic mass is 15.3. The molecule has 0 atom stereocenters. The van der Waals surface area contributed by atoms with Gasteiger partial charge in [0.1, 0.15) is 0 Å². The third-order valence-corrected chi connectivity index (χ3v) is 3.57. The molecule has 3 aromatic rings. The first kappa shape index (κ1) is 14.9. The molecule has 2 N–H and O–H groups in total. The number of hydrogen-bond acceptors (Lipinski definition) is 1. The van der Waals surface area contributed by atoms with Crippen LogP contribution in [0.3, 0.4) is 0 Å². The second kappa shape index (κ2) is 6.79. The molecule has 0 radical (unpaired) electrons. The summed E-state index contributed by atoms with van der Waals surface area (Å²) in [4.78, 5) is 1.89. The molecule has 0 aliphatic heterocycles. The molecule has 0 saturated heterocycles. The molecule has 0 saturated carbocycles. The SMILES string of the molecule is Cc1ccc(NC(=N)N(c2ccccc2)c2ccccc2)cc1. The van der Waals surface area contributed by atoms with Crippen LogP contribution in [0.4, 0.5) is 17.1 Å². The molecular weight excluding hydrogens is 282 g/mol. The summed E-state index contributed by atoms with van der Waals surface area (Å²) in [6, 6.07) is 27.9. The third-order valence-electron chi connectivity index (χ3n) is 3.57. The summed E-state index contributed by atoms with van der Waals surface area (Å²) in [5, 5.41) is 11.7. The van der Waals surface area contributed by atoms with Gasteiger partial charge in [-0.1, -0.05) is 54.1 Å². The Bertz CT molecular complexity index is 726. The van der Waals surface area contributed by atoms with Gasteiger partial charge < -0.3 is 5.32 Å². The van der Waals surface area contributed by atoms with Gasteiger partial charge in [-0.25, -0.2) is 0 Å². The van der Waals surface area contributed by atoms with Gasteiger partial charge in [0.15, 0.2) is 0 Å². The lowest BCUT2D eigenvalue weighted by Crippen LogP contribution is -2.31. The Balaban J connectivity index is 1.92. The van der Waals surface area contributed by atoms with Crippen LogP contribution in [0.2, 0.25) is 0 Å². The molecule has 0 unspecified atom stereocenters. The maximum atomic E-state index is 8.53. The number of guanidine groups is 1. The van der Waals surface area contributed by atoms with Crippen LogP contribution >= 0.6 is 0 Å². The first-order valence-corrected chi connectivity index (χ1v) is 7.56. The van der Waals surface area contributed by atoms with Crippen molar-refractivity contribution >= 4 is 23.0 Å². The van der Waals surface area contributed by atoms with E-state index in [9.17, 15) is 0 Å². The quantitative estimate of drug-likeness (QED) is 0.517. The molecule has 114 valence electrons. The molecule has 3 rings (SSSR count). The highest BCUT2D eigenvalue weighted by Crippen LogP contribution is 2.25. The van der Waals surface area contributed by atoms with Crippen LogP contribution in [-0.2, 0) is 0 Å². The molecule has 3 nitrogen and oxygen atoms in total. The minimum atomic E-state index is 0.311. The first-order valence-electron chi connectivity index (χ1n) is 7.56. The van der Waals surface area contributed by atoms with Gasteiger partial charge in [0, 0.05) is 17.1 Å². The number of rotatable bonds is 3. The Morgan fingerprint density at radius 2 is 1.22 bits per heavy atom. The molecule has 0 heterocycles. The van der Waals surface area contributed by atoms with Crippen LogP contribution in [-0.4, -0.2) is 5.96 Å². The van der Waals surface area contributed by atoms with Crippen molar-refractivity contribution in [1.29, 1.82) is 5.41 Å². The number of anilines is 3. The number of nitrogens with one attached hydrogen (secondary N) is 2. The van der Waals surface area contributed by atoms with E-state index < -0.39 is 0 Å². The summed E-state index contributed by atoms with van der Waals surface area (Å²) >= 11 is 0. The van der Waals surface area contributed by atoms with E-state index in [1.807, 2.05) is 89.8 Å². The Kier molecular flexibility index (Phi) is 4.39. The molecule has 3 aromatic carbocycles. The first-order chi connectivity index (χ1) is 11.2. The Morgan fingerprint density at radius 3 is 1.70 bits per heavy atom. The van der Waals surface area contributed by atoms with Crippen molar-refractivity contribution in [1.82, 2.24) is 0 Å². The van der Waals surface area contributed by atoms with E-state index in [0.717, 1.165) is 17.1 Å². The smallest absolute Gasteiger partial charge is 0.204 e. The predicted molar refractivity (Wildman–Crippen MR) is 97.6 cm³/mol. The molecule has 0 aliphatic rings. The average molecular weight is 301 g/mol. The van der Waals surface area contributed by atoms with Crippen LogP contribution in [0.5, 0.6) is 0 Å². The van der Waals surface area contributed by atoms with Gasteiger partial charge in [0.05, 0.1) is 0 Å². The van der Waals surface area contributed by atoms with E-state index in [-0.39, 0.29) is 0 Å². The van der Waals surface area contributed by atoms with Crippen LogP contribution in [0, 0.1) is 12.3 Å². The van der Waals surface area contributed by atoms with Crippen LogP contribution < -0.4 is 10.2 Å². The molecule has 0 spiro atoms. The highest BCUT2D eigenvalue weighted by molar-refractivity contribution is 6.08. The minimum Gasteiger partial charge on any atom is -0.326 e. The summed E-state index contributed by atoms with van der Waals surface area (Å²) in [5.74, 6) is 0.311. The zero-order valence-electron chi connectivity index (χ0n) is 13.0. The van der Waals surface area contributed by atoms with E-state index in [1.165, 1.54) is 5.56 Å². The average Bonchev–Trinajstić information content (AvgIpc) is 2.59. The fourth-order valence-corrected chi connectivity index (χ4v) is 2.39. The molecule has 23 heavy (non-hydrogen) atoms. The fraction of sp³-hybridized carbons (Fsp3) is 0.0500. The maximum absolute atomic E-state index is 8.53. The zero-order chi connectivity index (χ0) is 16.1. The van der Waals surface area contributed by atoms with E-state index in [4.69, 9.17) is 5.41 Å². The van der Waals surface area contributed by atoms with Gasteiger partial charge in [-0.05, 0) is 43.3 Å². The minimum absolute atomic E-state index is 0.311.